The highest BCUT2D eigenvalue weighted by molar-refractivity contribution is 5.23. The van der Waals surface area contributed by atoms with E-state index in [-0.39, 0.29) is 6.54 Å². The topological polar surface area (TPSA) is 42.7 Å². The normalized spacial score (nSPS) is 11.0. The number of hydrogen-bond acceptors (Lipinski definition) is 3. The van der Waals surface area contributed by atoms with Gasteiger partial charge < -0.3 is 5.32 Å². The number of halogens is 2. The minimum atomic E-state index is -0.442. The lowest BCUT2D eigenvalue weighted by molar-refractivity contribution is 0.565. The molecular formula is C19H20F2N4. The number of aromatic nitrogens is 3. The molecule has 4 nitrogen and oxygen atoms in total. The second-order valence-corrected chi connectivity index (χ2v) is 5.85. The molecule has 0 saturated carbocycles. The predicted molar refractivity (Wildman–Crippen MR) is 92.3 cm³/mol. The van der Waals surface area contributed by atoms with Gasteiger partial charge in [-0.15, -0.1) is 0 Å². The zero-order chi connectivity index (χ0) is 17.6. The van der Waals surface area contributed by atoms with Crippen LogP contribution < -0.4 is 5.32 Å². The quantitative estimate of drug-likeness (QED) is 0.710. The van der Waals surface area contributed by atoms with E-state index in [0.717, 1.165) is 36.2 Å². The number of benzene rings is 1. The number of nitrogens with one attached hydrogen (secondary N) is 1. The standard InChI is InChI=1S/C19H20F2N4/c1-2-4-14-10-23-19(24-11-14)25-8-3-5-17(25)13-22-12-15-9-16(20)6-7-18(15)21/h3,5-11,22H,2,4,12-13H2,1H3. The maximum Gasteiger partial charge on any atom is 0.233 e. The Morgan fingerprint density at radius 1 is 1.08 bits per heavy atom. The third-order valence-electron chi connectivity index (χ3n) is 3.91. The van der Waals surface area contributed by atoms with E-state index in [1.54, 1.807) is 0 Å². The summed E-state index contributed by atoms with van der Waals surface area (Å²) in [6.45, 7) is 2.85. The highest BCUT2D eigenvalue weighted by Gasteiger charge is 2.07. The van der Waals surface area contributed by atoms with Crippen molar-refractivity contribution in [3.8, 4) is 5.95 Å². The third kappa shape index (κ3) is 4.28. The van der Waals surface area contributed by atoms with Gasteiger partial charge in [0.1, 0.15) is 11.6 Å². The first-order valence-corrected chi connectivity index (χ1v) is 8.29. The van der Waals surface area contributed by atoms with Gasteiger partial charge >= 0.3 is 0 Å². The largest absolute Gasteiger partial charge is 0.307 e. The molecule has 0 bridgehead atoms. The Kier molecular flexibility index (Phi) is 5.50. The zero-order valence-electron chi connectivity index (χ0n) is 14.0. The van der Waals surface area contributed by atoms with Crippen LogP contribution in [0, 0.1) is 11.6 Å². The molecule has 0 aliphatic heterocycles. The molecule has 2 aromatic heterocycles. The Hall–Kier alpha value is -2.60. The smallest absolute Gasteiger partial charge is 0.233 e. The lowest BCUT2D eigenvalue weighted by Gasteiger charge is -2.10. The molecule has 130 valence electrons. The van der Waals surface area contributed by atoms with Gasteiger partial charge in [-0.3, -0.25) is 4.57 Å². The molecule has 0 spiro atoms. The van der Waals surface area contributed by atoms with Gasteiger partial charge in [0.25, 0.3) is 0 Å². The summed E-state index contributed by atoms with van der Waals surface area (Å²) in [5, 5.41) is 3.13. The van der Waals surface area contributed by atoms with E-state index >= 15 is 0 Å². The van der Waals surface area contributed by atoms with Crippen LogP contribution in [0.3, 0.4) is 0 Å². The third-order valence-corrected chi connectivity index (χ3v) is 3.91. The van der Waals surface area contributed by atoms with Crippen LogP contribution in [0.25, 0.3) is 5.95 Å². The molecule has 0 amide bonds. The summed E-state index contributed by atoms with van der Waals surface area (Å²) in [4.78, 5) is 8.81. The van der Waals surface area contributed by atoms with Crippen molar-refractivity contribution in [2.75, 3.05) is 0 Å². The van der Waals surface area contributed by atoms with Crippen molar-refractivity contribution < 1.29 is 8.78 Å². The molecule has 3 aromatic rings. The van der Waals surface area contributed by atoms with Gasteiger partial charge in [0, 0.05) is 42.9 Å². The van der Waals surface area contributed by atoms with Gasteiger partial charge in [0.05, 0.1) is 0 Å². The Morgan fingerprint density at radius 3 is 2.64 bits per heavy atom. The highest BCUT2D eigenvalue weighted by atomic mass is 19.1. The van der Waals surface area contributed by atoms with Gasteiger partial charge in [-0.2, -0.15) is 0 Å². The van der Waals surface area contributed by atoms with Gasteiger partial charge in [-0.05, 0) is 42.3 Å². The molecule has 1 aromatic carbocycles. The average molecular weight is 342 g/mol. The van der Waals surface area contributed by atoms with Crippen molar-refractivity contribution >= 4 is 0 Å². The maximum atomic E-state index is 13.6. The second kappa shape index (κ2) is 7.98. The summed E-state index contributed by atoms with van der Waals surface area (Å²) < 4.78 is 28.7. The monoisotopic (exact) mass is 342 g/mol. The van der Waals surface area contributed by atoms with Crippen LogP contribution in [0.1, 0.15) is 30.2 Å². The van der Waals surface area contributed by atoms with Crippen LogP contribution in [0.4, 0.5) is 8.78 Å². The van der Waals surface area contributed by atoms with Crippen LogP contribution in [0.5, 0.6) is 0 Å². The van der Waals surface area contributed by atoms with Crippen molar-refractivity contribution in [1.82, 2.24) is 19.9 Å². The van der Waals surface area contributed by atoms with E-state index in [1.807, 2.05) is 35.3 Å². The van der Waals surface area contributed by atoms with Gasteiger partial charge in [-0.1, -0.05) is 13.3 Å². The minimum absolute atomic E-state index is 0.241. The molecule has 0 unspecified atom stereocenters. The molecule has 1 N–H and O–H groups in total. The zero-order valence-corrected chi connectivity index (χ0v) is 14.0. The fourth-order valence-electron chi connectivity index (χ4n) is 2.65. The Morgan fingerprint density at radius 2 is 1.88 bits per heavy atom. The van der Waals surface area contributed by atoms with Crippen LogP contribution in [0.2, 0.25) is 0 Å². The van der Waals surface area contributed by atoms with Crippen LogP contribution in [0.15, 0.2) is 48.9 Å². The summed E-state index contributed by atoms with van der Waals surface area (Å²) in [6.07, 6.45) is 7.57. The van der Waals surface area contributed by atoms with Crippen molar-refractivity contribution in [2.45, 2.75) is 32.9 Å². The second-order valence-electron chi connectivity index (χ2n) is 5.85. The number of aryl methyl sites for hydroxylation is 1. The Bertz CT molecular complexity index is 828. The van der Waals surface area contributed by atoms with E-state index in [4.69, 9.17) is 0 Å². The first kappa shape index (κ1) is 17.2. The summed E-state index contributed by atoms with van der Waals surface area (Å²) in [7, 11) is 0. The van der Waals surface area contributed by atoms with Gasteiger partial charge in [-0.25, -0.2) is 18.7 Å². The Labute approximate surface area is 145 Å². The van der Waals surface area contributed by atoms with Crippen LogP contribution in [-0.2, 0) is 19.5 Å². The Balaban J connectivity index is 1.66. The molecule has 0 aliphatic carbocycles. The summed E-state index contributed by atoms with van der Waals surface area (Å²) in [5.74, 6) is -0.264. The van der Waals surface area contributed by atoms with Gasteiger partial charge in [0.2, 0.25) is 5.95 Å². The summed E-state index contributed by atoms with van der Waals surface area (Å²) >= 11 is 0. The molecule has 0 aliphatic rings. The van der Waals surface area contributed by atoms with E-state index in [0.29, 0.717) is 18.1 Å². The van der Waals surface area contributed by atoms with Crippen molar-refractivity contribution in [3.05, 3.63) is 77.4 Å². The molecule has 25 heavy (non-hydrogen) atoms. The van der Waals surface area contributed by atoms with Gasteiger partial charge in [0.15, 0.2) is 0 Å². The fraction of sp³-hybridized carbons (Fsp3) is 0.263. The average Bonchev–Trinajstić information content (AvgIpc) is 3.07. The van der Waals surface area contributed by atoms with E-state index < -0.39 is 11.6 Å². The molecular weight excluding hydrogens is 322 g/mol. The van der Waals surface area contributed by atoms with Crippen LogP contribution >= 0.6 is 0 Å². The summed E-state index contributed by atoms with van der Waals surface area (Å²) in [6, 6.07) is 7.31. The van der Waals surface area contributed by atoms with E-state index in [2.05, 4.69) is 22.2 Å². The first-order valence-electron chi connectivity index (χ1n) is 8.29. The van der Waals surface area contributed by atoms with E-state index in [1.165, 1.54) is 6.07 Å². The first-order chi connectivity index (χ1) is 12.2. The lowest BCUT2D eigenvalue weighted by atomic mass is 10.2. The molecule has 6 heteroatoms. The molecule has 0 fully saturated rings. The minimum Gasteiger partial charge on any atom is -0.307 e. The molecule has 2 heterocycles. The molecule has 3 rings (SSSR count). The lowest BCUT2D eigenvalue weighted by Crippen LogP contribution is -2.17. The number of nitrogens with zero attached hydrogens (tertiary/aromatic N) is 3. The molecule has 0 atom stereocenters. The number of rotatable bonds is 7. The summed E-state index contributed by atoms with van der Waals surface area (Å²) in [5.41, 5.74) is 2.36. The number of hydrogen-bond donors (Lipinski definition) is 1. The molecule has 0 saturated heterocycles. The highest BCUT2D eigenvalue weighted by Crippen LogP contribution is 2.12. The maximum absolute atomic E-state index is 13.6. The van der Waals surface area contributed by atoms with E-state index in [9.17, 15) is 8.78 Å². The van der Waals surface area contributed by atoms with Crippen molar-refractivity contribution in [3.63, 3.8) is 0 Å². The van der Waals surface area contributed by atoms with Crippen molar-refractivity contribution in [1.29, 1.82) is 0 Å². The molecule has 0 radical (unpaired) electrons. The van der Waals surface area contributed by atoms with Crippen molar-refractivity contribution in [2.24, 2.45) is 0 Å². The SMILES string of the molecule is CCCc1cnc(-n2cccc2CNCc2cc(F)ccc2F)nc1. The predicted octanol–water partition coefficient (Wildman–Crippen LogP) is 3.79. The van der Waals surface area contributed by atoms with Crippen LogP contribution in [-0.4, -0.2) is 14.5 Å². The fourth-order valence-corrected chi connectivity index (χ4v) is 2.65.